The molecule has 158 valence electrons. The molecule has 2 heterocycles. The molecule has 0 unspecified atom stereocenters. The van der Waals surface area contributed by atoms with Gasteiger partial charge in [0.05, 0.1) is 32.6 Å². The molecule has 1 aromatic carbocycles. The van der Waals surface area contributed by atoms with E-state index in [1.165, 1.54) is 39.8 Å². The number of anilines is 1. The van der Waals surface area contributed by atoms with Crippen LogP contribution >= 0.6 is 0 Å². The van der Waals surface area contributed by atoms with E-state index in [-0.39, 0.29) is 23.6 Å². The molecule has 0 atom stereocenters. The summed E-state index contributed by atoms with van der Waals surface area (Å²) in [6.07, 6.45) is 2.07. The quantitative estimate of drug-likeness (QED) is 0.586. The molecule has 3 aromatic rings. The summed E-state index contributed by atoms with van der Waals surface area (Å²) in [5.74, 6) is 0.386. The van der Waals surface area contributed by atoms with Crippen LogP contribution in [0.5, 0.6) is 11.5 Å². The lowest BCUT2D eigenvalue weighted by Crippen LogP contribution is -2.17. The lowest BCUT2D eigenvalue weighted by atomic mass is 10.1. The third-order valence-corrected chi connectivity index (χ3v) is 4.79. The minimum Gasteiger partial charge on any atom is -0.493 e. The Bertz CT molecular complexity index is 1110. The van der Waals surface area contributed by atoms with Gasteiger partial charge in [-0.05, 0) is 25.8 Å². The molecule has 0 saturated carbocycles. The van der Waals surface area contributed by atoms with Gasteiger partial charge in [-0.3, -0.25) is 4.79 Å². The Kier molecular flexibility index (Phi) is 6.14. The van der Waals surface area contributed by atoms with Gasteiger partial charge in [0.2, 0.25) is 5.91 Å². The van der Waals surface area contributed by atoms with Gasteiger partial charge in [0.1, 0.15) is 6.33 Å². The Morgan fingerprint density at radius 1 is 1.10 bits per heavy atom. The molecule has 10 nitrogen and oxygen atoms in total. The Morgan fingerprint density at radius 3 is 2.47 bits per heavy atom. The van der Waals surface area contributed by atoms with Crippen LogP contribution < -0.4 is 14.8 Å². The number of hydrogen-bond donors (Lipinski definition) is 1. The zero-order valence-electron chi connectivity index (χ0n) is 17.5. The summed E-state index contributed by atoms with van der Waals surface area (Å²) in [7, 11) is 4.20. The van der Waals surface area contributed by atoms with Crippen molar-refractivity contribution in [3.63, 3.8) is 0 Å². The van der Waals surface area contributed by atoms with E-state index in [4.69, 9.17) is 14.2 Å². The van der Waals surface area contributed by atoms with Crippen LogP contribution in [0, 0.1) is 13.8 Å². The van der Waals surface area contributed by atoms with E-state index in [9.17, 15) is 9.59 Å². The Labute approximate surface area is 173 Å². The topological polar surface area (TPSA) is 117 Å². The summed E-state index contributed by atoms with van der Waals surface area (Å²) in [6, 6.07) is 3.00. The van der Waals surface area contributed by atoms with Crippen LogP contribution in [-0.2, 0) is 16.0 Å². The molecule has 0 saturated heterocycles. The molecule has 0 bridgehead atoms. The van der Waals surface area contributed by atoms with Crippen LogP contribution in [0.1, 0.15) is 33.7 Å². The maximum Gasteiger partial charge on any atom is 0.340 e. The number of benzene rings is 1. The van der Waals surface area contributed by atoms with Crippen molar-refractivity contribution >= 4 is 23.3 Å². The second-order valence-electron chi connectivity index (χ2n) is 6.53. The molecule has 0 aliphatic heterocycles. The fourth-order valence-electron chi connectivity index (χ4n) is 3.23. The number of amides is 1. The summed E-state index contributed by atoms with van der Waals surface area (Å²) >= 11 is 0. The highest BCUT2D eigenvalue weighted by molar-refractivity contribution is 6.02. The molecule has 2 aromatic heterocycles. The number of nitrogens with one attached hydrogen (secondary N) is 1. The zero-order valence-corrected chi connectivity index (χ0v) is 17.5. The second kappa shape index (κ2) is 8.76. The van der Waals surface area contributed by atoms with Gasteiger partial charge in [-0.15, -0.1) is 0 Å². The minimum atomic E-state index is -0.598. The number of fused-ring (bicyclic) bond motifs is 1. The number of nitrogens with zero attached hydrogens (tertiary/aromatic N) is 4. The smallest absolute Gasteiger partial charge is 0.340 e. The lowest BCUT2D eigenvalue weighted by Gasteiger charge is -2.15. The number of hydrogen-bond acceptors (Lipinski definition) is 8. The van der Waals surface area contributed by atoms with Gasteiger partial charge in [-0.1, -0.05) is 0 Å². The van der Waals surface area contributed by atoms with Gasteiger partial charge >= 0.3 is 5.97 Å². The average Bonchev–Trinajstić information content (AvgIpc) is 3.21. The number of aryl methyl sites for hydroxylation is 2. The summed E-state index contributed by atoms with van der Waals surface area (Å²) in [5, 5.41) is 6.92. The Morgan fingerprint density at radius 2 is 1.80 bits per heavy atom. The molecule has 1 N–H and O–H groups in total. The number of ether oxygens (including phenoxy) is 3. The zero-order chi connectivity index (χ0) is 21.8. The van der Waals surface area contributed by atoms with E-state index in [0.29, 0.717) is 23.7 Å². The van der Waals surface area contributed by atoms with Crippen molar-refractivity contribution in [2.24, 2.45) is 0 Å². The number of esters is 1. The molecule has 3 rings (SSSR count). The van der Waals surface area contributed by atoms with E-state index < -0.39 is 5.97 Å². The molecule has 0 aliphatic carbocycles. The van der Waals surface area contributed by atoms with Crippen molar-refractivity contribution in [1.29, 1.82) is 0 Å². The summed E-state index contributed by atoms with van der Waals surface area (Å²) in [4.78, 5) is 33.3. The largest absolute Gasteiger partial charge is 0.493 e. The van der Waals surface area contributed by atoms with E-state index in [2.05, 4.69) is 20.4 Å². The first-order chi connectivity index (χ1) is 14.4. The minimum absolute atomic E-state index is 0.168. The van der Waals surface area contributed by atoms with Crippen LogP contribution in [0.4, 0.5) is 5.69 Å². The molecule has 10 heteroatoms. The Hall–Kier alpha value is -3.69. The third-order valence-electron chi connectivity index (χ3n) is 4.79. The van der Waals surface area contributed by atoms with Crippen LogP contribution in [0.2, 0.25) is 0 Å². The van der Waals surface area contributed by atoms with E-state index >= 15 is 0 Å². The average molecular weight is 413 g/mol. The highest BCUT2D eigenvalue weighted by Gasteiger charge is 2.20. The molecular weight excluding hydrogens is 390 g/mol. The SMILES string of the molecule is COC(=O)c1cc(OC)c(OC)cc1NC(=O)CCc1c(C)nc2ncnn2c1C. The van der Waals surface area contributed by atoms with Crippen LogP contribution in [0.25, 0.3) is 5.78 Å². The summed E-state index contributed by atoms with van der Waals surface area (Å²) in [6.45, 7) is 3.78. The number of aromatic nitrogens is 4. The fraction of sp³-hybridized carbons (Fsp3) is 0.350. The molecule has 0 radical (unpaired) electrons. The molecule has 1 amide bonds. The van der Waals surface area contributed by atoms with Gasteiger partial charge in [0.25, 0.3) is 5.78 Å². The fourth-order valence-corrected chi connectivity index (χ4v) is 3.23. The molecular formula is C20H23N5O5. The van der Waals surface area contributed by atoms with Crippen LogP contribution in [-0.4, -0.2) is 52.8 Å². The lowest BCUT2D eigenvalue weighted by molar-refractivity contribution is -0.116. The van der Waals surface area contributed by atoms with E-state index in [0.717, 1.165) is 17.0 Å². The standard InChI is InChI=1S/C20H23N5O5/c1-11-13(12(2)25-20(23-11)21-10-22-25)6-7-18(26)24-15-9-17(29-4)16(28-3)8-14(15)19(27)30-5/h8-10H,6-7H2,1-5H3,(H,24,26). The molecule has 30 heavy (non-hydrogen) atoms. The number of carbonyl (C=O) groups is 2. The number of carbonyl (C=O) groups excluding carboxylic acids is 2. The first-order valence-electron chi connectivity index (χ1n) is 9.19. The summed E-state index contributed by atoms with van der Waals surface area (Å²) < 4.78 is 17.0. The van der Waals surface area contributed by atoms with Crippen LogP contribution in [0.15, 0.2) is 18.5 Å². The van der Waals surface area contributed by atoms with Crippen molar-refractivity contribution in [3.8, 4) is 11.5 Å². The maximum absolute atomic E-state index is 12.6. The highest BCUT2D eigenvalue weighted by Crippen LogP contribution is 2.34. The van der Waals surface area contributed by atoms with E-state index in [1.54, 1.807) is 4.52 Å². The normalized spacial score (nSPS) is 10.7. The van der Waals surface area contributed by atoms with Gasteiger partial charge in [-0.25, -0.2) is 14.3 Å². The van der Waals surface area contributed by atoms with Crippen molar-refractivity contribution in [2.45, 2.75) is 26.7 Å². The van der Waals surface area contributed by atoms with Gasteiger partial charge in [0, 0.05) is 29.9 Å². The van der Waals surface area contributed by atoms with Crippen molar-refractivity contribution in [1.82, 2.24) is 19.6 Å². The second-order valence-corrected chi connectivity index (χ2v) is 6.53. The Balaban J connectivity index is 1.82. The maximum atomic E-state index is 12.6. The molecule has 0 aliphatic rings. The van der Waals surface area contributed by atoms with Gasteiger partial charge in [0.15, 0.2) is 11.5 Å². The summed E-state index contributed by atoms with van der Waals surface area (Å²) in [5.41, 5.74) is 3.04. The van der Waals surface area contributed by atoms with Gasteiger partial charge in [-0.2, -0.15) is 10.1 Å². The number of methoxy groups -OCH3 is 3. The predicted molar refractivity (Wildman–Crippen MR) is 108 cm³/mol. The monoisotopic (exact) mass is 413 g/mol. The van der Waals surface area contributed by atoms with Gasteiger partial charge < -0.3 is 19.5 Å². The molecule has 0 fully saturated rings. The first-order valence-corrected chi connectivity index (χ1v) is 9.19. The van der Waals surface area contributed by atoms with Crippen LogP contribution in [0.3, 0.4) is 0 Å². The van der Waals surface area contributed by atoms with Crippen molar-refractivity contribution < 1.29 is 23.8 Å². The first kappa shape index (κ1) is 21.0. The number of rotatable bonds is 7. The van der Waals surface area contributed by atoms with E-state index in [1.807, 2.05) is 13.8 Å². The molecule has 0 spiro atoms. The third kappa shape index (κ3) is 4.02. The highest BCUT2D eigenvalue weighted by atomic mass is 16.5. The predicted octanol–water partition coefficient (Wildman–Crippen LogP) is 2.12. The van der Waals surface area contributed by atoms with Crippen molar-refractivity contribution in [2.75, 3.05) is 26.6 Å². The van der Waals surface area contributed by atoms with Crippen molar-refractivity contribution in [3.05, 3.63) is 41.0 Å².